The summed E-state index contributed by atoms with van der Waals surface area (Å²) in [6.45, 7) is 3.58. The van der Waals surface area contributed by atoms with Gasteiger partial charge in [0.2, 0.25) is 0 Å². The standard InChI is InChI=1S/C20H22F2N4/c1-14(12-26(2)13-15-8-4-3-5-9-15)23-19-16-10-6-7-11-17(16)24-20(25-19)18(21)22/h3-11,14,18H,12-13H2,1-2H3,(H,23,24,25). The molecular weight excluding hydrogens is 334 g/mol. The third-order valence-corrected chi connectivity index (χ3v) is 4.08. The highest BCUT2D eigenvalue weighted by Crippen LogP contribution is 2.24. The van der Waals surface area contributed by atoms with Crippen molar-refractivity contribution in [2.24, 2.45) is 0 Å². The number of halogens is 2. The van der Waals surface area contributed by atoms with E-state index < -0.39 is 12.2 Å². The summed E-state index contributed by atoms with van der Waals surface area (Å²) in [5.41, 5.74) is 1.75. The number of rotatable bonds is 7. The maximum atomic E-state index is 13.1. The van der Waals surface area contributed by atoms with Gasteiger partial charge in [0, 0.05) is 24.5 Å². The molecule has 3 aromatic rings. The normalized spacial score (nSPS) is 12.7. The van der Waals surface area contributed by atoms with Crippen molar-refractivity contribution < 1.29 is 8.78 Å². The summed E-state index contributed by atoms with van der Waals surface area (Å²) < 4.78 is 26.2. The van der Waals surface area contributed by atoms with Crippen LogP contribution in [0.25, 0.3) is 10.9 Å². The smallest absolute Gasteiger partial charge is 0.297 e. The second-order valence-corrected chi connectivity index (χ2v) is 6.48. The summed E-state index contributed by atoms with van der Waals surface area (Å²) in [6, 6.07) is 17.4. The van der Waals surface area contributed by atoms with Crippen LogP contribution in [0.2, 0.25) is 0 Å². The first-order valence-corrected chi connectivity index (χ1v) is 8.57. The maximum Gasteiger partial charge on any atom is 0.297 e. The number of para-hydroxylation sites is 1. The van der Waals surface area contributed by atoms with Gasteiger partial charge in [-0.05, 0) is 31.7 Å². The summed E-state index contributed by atoms with van der Waals surface area (Å²) >= 11 is 0. The molecule has 0 saturated carbocycles. The lowest BCUT2D eigenvalue weighted by atomic mass is 10.2. The highest BCUT2D eigenvalue weighted by Gasteiger charge is 2.16. The number of hydrogen-bond acceptors (Lipinski definition) is 4. The zero-order chi connectivity index (χ0) is 18.5. The van der Waals surface area contributed by atoms with Gasteiger partial charge in [-0.25, -0.2) is 18.7 Å². The van der Waals surface area contributed by atoms with E-state index in [1.54, 1.807) is 12.1 Å². The molecule has 0 aliphatic carbocycles. The van der Waals surface area contributed by atoms with Crippen molar-refractivity contribution in [1.29, 1.82) is 0 Å². The lowest BCUT2D eigenvalue weighted by Gasteiger charge is -2.23. The zero-order valence-corrected chi connectivity index (χ0v) is 14.9. The molecule has 0 bridgehead atoms. The molecule has 0 amide bonds. The molecule has 0 saturated heterocycles. The molecule has 136 valence electrons. The van der Waals surface area contributed by atoms with Crippen LogP contribution >= 0.6 is 0 Å². The van der Waals surface area contributed by atoms with Crippen LogP contribution in [0.5, 0.6) is 0 Å². The first-order chi connectivity index (χ1) is 12.5. The second kappa shape index (κ2) is 8.19. The Morgan fingerprint density at radius 2 is 1.69 bits per heavy atom. The molecule has 2 aromatic carbocycles. The van der Waals surface area contributed by atoms with Crippen LogP contribution in [0.1, 0.15) is 24.7 Å². The van der Waals surface area contributed by atoms with Crippen LogP contribution in [-0.2, 0) is 6.54 Å². The van der Waals surface area contributed by atoms with E-state index in [1.165, 1.54) is 5.56 Å². The number of likely N-dealkylation sites (N-methyl/N-ethyl adjacent to an activating group) is 1. The molecule has 1 N–H and O–H groups in total. The number of aromatic nitrogens is 2. The molecule has 6 heteroatoms. The summed E-state index contributed by atoms with van der Waals surface area (Å²) in [7, 11) is 2.04. The van der Waals surface area contributed by atoms with E-state index in [-0.39, 0.29) is 6.04 Å². The van der Waals surface area contributed by atoms with E-state index in [2.05, 4.69) is 32.3 Å². The predicted molar refractivity (Wildman–Crippen MR) is 100 cm³/mol. The minimum Gasteiger partial charge on any atom is -0.366 e. The molecule has 0 radical (unpaired) electrons. The summed E-state index contributed by atoms with van der Waals surface area (Å²) in [6.07, 6.45) is -2.70. The van der Waals surface area contributed by atoms with E-state index in [0.717, 1.165) is 18.5 Å². The molecule has 1 atom stereocenters. The largest absolute Gasteiger partial charge is 0.366 e. The predicted octanol–water partition coefficient (Wildman–Crippen LogP) is 4.50. The third-order valence-electron chi connectivity index (χ3n) is 4.08. The molecule has 1 aromatic heterocycles. The first kappa shape index (κ1) is 18.2. The minimum absolute atomic E-state index is 0.0348. The van der Waals surface area contributed by atoms with Crippen LogP contribution in [0.3, 0.4) is 0 Å². The Morgan fingerprint density at radius 3 is 2.42 bits per heavy atom. The van der Waals surface area contributed by atoms with Crippen molar-refractivity contribution in [1.82, 2.24) is 14.9 Å². The molecule has 1 heterocycles. The molecule has 3 rings (SSSR count). The maximum absolute atomic E-state index is 13.1. The molecule has 0 aliphatic rings. The Balaban J connectivity index is 1.73. The fourth-order valence-electron chi connectivity index (χ4n) is 3.01. The fourth-order valence-corrected chi connectivity index (χ4v) is 3.01. The van der Waals surface area contributed by atoms with Gasteiger partial charge in [-0.3, -0.25) is 0 Å². The van der Waals surface area contributed by atoms with Crippen molar-refractivity contribution in [2.75, 3.05) is 18.9 Å². The van der Waals surface area contributed by atoms with Crippen molar-refractivity contribution in [3.05, 3.63) is 66.0 Å². The van der Waals surface area contributed by atoms with Gasteiger partial charge in [0.1, 0.15) is 5.82 Å². The van der Waals surface area contributed by atoms with Gasteiger partial charge < -0.3 is 10.2 Å². The van der Waals surface area contributed by atoms with Crippen LogP contribution in [0, 0.1) is 0 Å². The van der Waals surface area contributed by atoms with Gasteiger partial charge in [0.15, 0.2) is 5.82 Å². The van der Waals surface area contributed by atoms with Gasteiger partial charge in [0.25, 0.3) is 6.43 Å². The van der Waals surface area contributed by atoms with Crippen LogP contribution < -0.4 is 5.32 Å². The van der Waals surface area contributed by atoms with Gasteiger partial charge >= 0.3 is 0 Å². The second-order valence-electron chi connectivity index (χ2n) is 6.48. The lowest BCUT2D eigenvalue weighted by Crippen LogP contribution is -2.32. The Morgan fingerprint density at radius 1 is 1.00 bits per heavy atom. The van der Waals surface area contributed by atoms with E-state index in [0.29, 0.717) is 11.3 Å². The first-order valence-electron chi connectivity index (χ1n) is 8.57. The van der Waals surface area contributed by atoms with Crippen LogP contribution in [0.4, 0.5) is 14.6 Å². The van der Waals surface area contributed by atoms with Crippen LogP contribution in [-0.4, -0.2) is 34.5 Å². The monoisotopic (exact) mass is 356 g/mol. The average molecular weight is 356 g/mol. The molecule has 4 nitrogen and oxygen atoms in total. The number of alkyl halides is 2. The SMILES string of the molecule is CC(CN(C)Cc1ccccc1)Nc1nc(C(F)F)nc2ccccc12. The van der Waals surface area contributed by atoms with Gasteiger partial charge in [0.05, 0.1) is 5.52 Å². The third kappa shape index (κ3) is 4.52. The van der Waals surface area contributed by atoms with E-state index >= 15 is 0 Å². The van der Waals surface area contributed by atoms with Crippen molar-refractivity contribution >= 4 is 16.7 Å². The molecular formula is C20H22F2N4. The number of nitrogens with zero attached hydrogens (tertiary/aromatic N) is 3. The van der Waals surface area contributed by atoms with Gasteiger partial charge in [-0.1, -0.05) is 42.5 Å². The van der Waals surface area contributed by atoms with E-state index in [9.17, 15) is 8.78 Å². The number of benzene rings is 2. The molecule has 1 unspecified atom stereocenters. The molecule has 0 spiro atoms. The van der Waals surface area contributed by atoms with E-state index in [1.807, 2.05) is 44.3 Å². The Hall–Kier alpha value is -2.60. The number of anilines is 1. The Kier molecular flexibility index (Phi) is 5.73. The fraction of sp³-hybridized carbons (Fsp3) is 0.300. The Labute approximate surface area is 151 Å². The van der Waals surface area contributed by atoms with E-state index in [4.69, 9.17) is 0 Å². The van der Waals surface area contributed by atoms with Crippen LogP contribution in [0.15, 0.2) is 54.6 Å². The number of fused-ring (bicyclic) bond motifs is 1. The lowest BCUT2D eigenvalue weighted by molar-refractivity contribution is 0.141. The topological polar surface area (TPSA) is 41.0 Å². The Bertz CT molecular complexity index is 855. The highest BCUT2D eigenvalue weighted by molar-refractivity contribution is 5.89. The number of nitrogens with one attached hydrogen (secondary N) is 1. The zero-order valence-electron chi connectivity index (χ0n) is 14.9. The average Bonchev–Trinajstić information content (AvgIpc) is 2.62. The highest BCUT2D eigenvalue weighted by atomic mass is 19.3. The summed E-state index contributed by atoms with van der Waals surface area (Å²) in [4.78, 5) is 10.2. The van der Waals surface area contributed by atoms with Gasteiger partial charge in [-0.2, -0.15) is 0 Å². The van der Waals surface area contributed by atoms with Crippen molar-refractivity contribution in [3.63, 3.8) is 0 Å². The number of hydrogen-bond donors (Lipinski definition) is 1. The summed E-state index contributed by atoms with van der Waals surface area (Å²) in [5, 5.41) is 4.02. The minimum atomic E-state index is -2.70. The molecule has 0 fully saturated rings. The van der Waals surface area contributed by atoms with Gasteiger partial charge in [-0.15, -0.1) is 0 Å². The van der Waals surface area contributed by atoms with Crippen molar-refractivity contribution in [2.45, 2.75) is 25.9 Å². The summed E-state index contributed by atoms with van der Waals surface area (Å²) in [5.74, 6) is 0.00236. The molecule has 26 heavy (non-hydrogen) atoms. The van der Waals surface area contributed by atoms with Crippen molar-refractivity contribution in [3.8, 4) is 0 Å². The quantitative estimate of drug-likeness (QED) is 0.677. The molecule has 0 aliphatic heterocycles.